The molecule has 10 nitrogen and oxygen atoms in total. The van der Waals surface area contributed by atoms with E-state index in [9.17, 15) is 19.7 Å². The Hall–Kier alpha value is -3.44. The SMILES string of the molecule is COc1cc(N)c(Cl)cc1C(=O)OCC(=O)Nc1nc2ccc([N+](=O)[O-])cc2s1. The molecule has 0 spiro atoms. The Morgan fingerprint density at radius 2 is 2.10 bits per heavy atom. The van der Waals surface area contributed by atoms with E-state index in [1.807, 2.05) is 0 Å². The zero-order chi connectivity index (χ0) is 21.1. The third-order valence-electron chi connectivity index (χ3n) is 3.70. The van der Waals surface area contributed by atoms with Crippen molar-refractivity contribution in [1.29, 1.82) is 0 Å². The first-order valence-electron chi connectivity index (χ1n) is 7.93. The molecule has 3 rings (SSSR count). The molecule has 0 aliphatic carbocycles. The molecule has 29 heavy (non-hydrogen) atoms. The fourth-order valence-corrected chi connectivity index (χ4v) is 3.42. The van der Waals surface area contributed by atoms with Gasteiger partial charge in [0, 0.05) is 18.2 Å². The Morgan fingerprint density at radius 3 is 2.79 bits per heavy atom. The number of carbonyl (C=O) groups excluding carboxylic acids is 2. The first-order valence-corrected chi connectivity index (χ1v) is 9.13. The van der Waals surface area contributed by atoms with Gasteiger partial charge in [0.15, 0.2) is 11.7 Å². The van der Waals surface area contributed by atoms with Gasteiger partial charge in [-0.05, 0) is 12.1 Å². The third kappa shape index (κ3) is 4.52. The quantitative estimate of drug-likeness (QED) is 0.259. The number of methoxy groups -OCH3 is 1. The average Bonchev–Trinajstić information content (AvgIpc) is 3.08. The molecular formula is C17H13ClN4O6S. The summed E-state index contributed by atoms with van der Waals surface area (Å²) < 4.78 is 10.6. The number of nitrogen functional groups attached to an aromatic ring is 1. The van der Waals surface area contributed by atoms with Crippen LogP contribution < -0.4 is 15.8 Å². The van der Waals surface area contributed by atoms with E-state index < -0.39 is 23.4 Å². The van der Waals surface area contributed by atoms with Crippen LogP contribution in [0.2, 0.25) is 5.02 Å². The lowest BCUT2D eigenvalue weighted by Gasteiger charge is -2.10. The molecule has 12 heteroatoms. The summed E-state index contributed by atoms with van der Waals surface area (Å²) in [6.07, 6.45) is 0. The van der Waals surface area contributed by atoms with Crippen LogP contribution in [-0.4, -0.2) is 35.5 Å². The maximum atomic E-state index is 12.2. The number of carbonyl (C=O) groups is 2. The molecule has 3 aromatic rings. The van der Waals surface area contributed by atoms with Gasteiger partial charge in [-0.25, -0.2) is 9.78 Å². The number of nitro benzene ring substituents is 1. The van der Waals surface area contributed by atoms with Crippen molar-refractivity contribution in [1.82, 2.24) is 4.98 Å². The van der Waals surface area contributed by atoms with Gasteiger partial charge in [0.1, 0.15) is 11.3 Å². The molecule has 0 unspecified atom stereocenters. The molecular weight excluding hydrogens is 424 g/mol. The smallest absolute Gasteiger partial charge is 0.342 e. The summed E-state index contributed by atoms with van der Waals surface area (Å²) in [5.74, 6) is -1.30. The Labute approximate surface area is 172 Å². The Morgan fingerprint density at radius 1 is 1.34 bits per heavy atom. The van der Waals surface area contributed by atoms with Crippen molar-refractivity contribution in [2.24, 2.45) is 0 Å². The van der Waals surface area contributed by atoms with Gasteiger partial charge in [-0.2, -0.15) is 0 Å². The van der Waals surface area contributed by atoms with Crippen LogP contribution in [0.25, 0.3) is 10.2 Å². The number of nitrogens with zero attached hydrogens (tertiary/aromatic N) is 2. The molecule has 2 aromatic carbocycles. The number of fused-ring (bicyclic) bond motifs is 1. The fourth-order valence-electron chi connectivity index (χ4n) is 2.34. The van der Waals surface area contributed by atoms with Crippen molar-refractivity contribution in [3.05, 3.63) is 51.0 Å². The first kappa shape index (κ1) is 20.3. The number of anilines is 2. The standard InChI is InChI=1S/C17H13ClN4O6S/c1-27-13-6-11(19)10(18)5-9(13)16(24)28-7-15(23)21-17-20-12-3-2-8(22(25)26)4-14(12)29-17/h2-6H,7,19H2,1H3,(H,20,21,23). The highest BCUT2D eigenvalue weighted by molar-refractivity contribution is 7.22. The van der Waals surface area contributed by atoms with Gasteiger partial charge < -0.3 is 15.2 Å². The summed E-state index contributed by atoms with van der Waals surface area (Å²) >= 11 is 6.97. The van der Waals surface area contributed by atoms with E-state index in [4.69, 9.17) is 26.8 Å². The van der Waals surface area contributed by atoms with Gasteiger partial charge in [0.05, 0.1) is 33.0 Å². The summed E-state index contributed by atoms with van der Waals surface area (Å²) in [4.78, 5) is 38.8. The summed E-state index contributed by atoms with van der Waals surface area (Å²) in [7, 11) is 1.35. The van der Waals surface area contributed by atoms with Crippen LogP contribution in [0, 0.1) is 10.1 Å². The van der Waals surface area contributed by atoms with Crippen molar-refractivity contribution >= 4 is 61.5 Å². The number of non-ortho nitro benzene ring substituents is 1. The van der Waals surface area contributed by atoms with Gasteiger partial charge in [0.25, 0.3) is 11.6 Å². The molecule has 0 bridgehead atoms. The van der Waals surface area contributed by atoms with Crippen molar-refractivity contribution in [3.8, 4) is 5.75 Å². The van der Waals surface area contributed by atoms with Crippen LogP contribution in [-0.2, 0) is 9.53 Å². The summed E-state index contributed by atoms with van der Waals surface area (Å²) in [6, 6.07) is 6.83. The monoisotopic (exact) mass is 436 g/mol. The largest absolute Gasteiger partial charge is 0.496 e. The van der Waals surface area contributed by atoms with Gasteiger partial charge in [-0.3, -0.25) is 20.2 Å². The molecule has 0 radical (unpaired) electrons. The number of hydrogen-bond acceptors (Lipinski definition) is 9. The molecule has 1 heterocycles. The normalized spacial score (nSPS) is 10.6. The molecule has 3 N–H and O–H groups in total. The lowest BCUT2D eigenvalue weighted by molar-refractivity contribution is -0.384. The molecule has 0 saturated heterocycles. The minimum atomic E-state index is -0.821. The van der Waals surface area contributed by atoms with E-state index in [0.29, 0.717) is 10.2 Å². The maximum absolute atomic E-state index is 12.2. The number of benzene rings is 2. The maximum Gasteiger partial charge on any atom is 0.342 e. The lowest BCUT2D eigenvalue weighted by Crippen LogP contribution is -2.21. The van der Waals surface area contributed by atoms with Crippen LogP contribution in [0.3, 0.4) is 0 Å². The topological polar surface area (TPSA) is 147 Å². The molecule has 0 atom stereocenters. The minimum Gasteiger partial charge on any atom is -0.496 e. The average molecular weight is 437 g/mol. The number of hydrogen-bond donors (Lipinski definition) is 2. The summed E-state index contributed by atoms with van der Waals surface area (Å²) in [5, 5.41) is 13.7. The fraction of sp³-hybridized carbons (Fsp3) is 0.118. The van der Waals surface area contributed by atoms with Gasteiger partial charge >= 0.3 is 5.97 Å². The first-order chi connectivity index (χ1) is 13.8. The van der Waals surface area contributed by atoms with Gasteiger partial charge in [-0.1, -0.05) is 22.9 Å². The number of ether oxygens (including phenoxy) is 2. The number of halogens is 1. The highest BCUT2D eigenvalue weighted by Crippen LogP contribution is 2.30. The number of esters is 1. The van der Waals surface area contributed by atoms with E-state index in [-0.39, 0.29) is 32.8 Å². The van der Waals surface area contributed by atoms with Crippen molar-refractivity contribution in [2.75, 3.05) is 24.8 Å². The number of thiazole rings is 1. The minimum absolute atomic E-state index is 0.0202. The van der Waals surface area contributed by atoms with Crippen LogP contribution in [0.4, 0.5) is 16.5 Å². The summed E-state index contributed by atoms with van der Waals surface area (Å²) in [5.41, 5.74) is 6.33. The van der Waals surface area contributed by atoms with Crippen LogP contribution in [0.5, 0.6) is 5.75 Å². The van der Waals surface area contributed by atoms with E-state index in [1.54, 1.807) is 0 Å². The molecule has 1 amide bonds. The second-order valence-electron chi connectivity index (χ2n) is 5.63. The number of amides is 1. The predicted octanol–water partition coefficient (Wildman–Crippen LogP) is 3.24. The van der Waals surface area contributed by atoms with Gasteiger partial charge in [0.2, 0.25) is 0 Å². The second-order valence-corrected chi connectivity index (χ2v) is 7.06. The van der Waals surface area contributed by atoms with E-state index in [2.05, 4.69) is 10.3 Å². The predicted molar refractivity (Wildman–Crippen MR) is 108 cm³/mol. The van der Waals surface area contributed by atoms with E-state index in [0.717, 1.165) is 11.3 Å². The number of rotatable bonds is 6. The van der Waals surface area contributed by atoms with Crippen LogP contribution >= 0.6 is 22.9 Å². The zero-order valence-corrected chi connectivity index (χ0v) is 16.4. The molecule has 0 aliphatic heterocycles. The number of nitro groups is 1. The van der Waals surface area contributed by atoms with Crippen molar-refractivity contribution in [2.45, 2.75) is 0 Å². The number of aromatic nitrogens is 1. The summed E-state index contributed by atoms with van der Waals surface area (Å²) in [6.45, 7) is -0.583. The Kier molecular flexibility index (Phi) is 5.80. The Bertz CT molecular complexity index is 1130. The zero-order valence-electron chi connectivity index (χ0n) is 14.8. The number of nitrogens with two attached hydrogens (primary N) is 1. The van der Waals surface area contributed by atoms with Crippen LogP contribution in [0.1, 0.15) is 10.4 Å². The Balaban J connectivity index is 1.65. The van der Waals surface area contributed by atoms with Gasteiger partial charge in [-0.15, -0.1) is 0 Å². The highest BCUT2D eigenvalue weighted by atomic mass is 35.5. The molecule has 0 aliphatic rings. The highest BCUT2D eigenvalue weighted by Gasteiger charge is 2.18. The molecule has 1 aromatic heterocycles. The number of nitrogens with one attached hydrogen (secondary N) is 1. The van der Waals surface area contributed by atoms with E-state index >= 15 is 0 Å². The van der Waals surface area contributed by atoms with Crippen LogP contribution in [0.15, 0.2) is 30.3 Å². The molecule has 150 valence electrons. The lowest BCUT2D eigenvalue weighted by atomic mass is 10.2. The van der Waals surface area contributed by atoms with Crippen molar-refractivity contribution < 1.29 is 24.0 Å². The third-order valence-corrected chi connectivity index (χ3v) is 4.96. The van der Waals surface area contributed by atoms with Crippen molar-refractivity contribution in [3.63, 3.8) is 0 Å². The second kappa shape index (κ2) is 8.29. The van der Waals surface area contributed by atoms with E-state index in [1.165, 1.54) is 37.4 Å². The molecule has 0 saturated carbocycles. The molecule has 0 fully saturated rings.